The number of ether oxygens (including phenoxy) is 2. The van der Waals surface area contributed by atoms with Crippen LogP contribution in [0.5, 0.6) is 0 Å². The molecule has 0 amide bonds. The second-order valence-electron chi connectivity index (χ2n) is 8.51. The number of fused-ring (bicyclic) bond motifs is 1. The normalized spacial score (nSPS) is 27.8. The largest absolute Gasteiger partial charge is 0.756 e. The maximum absolute atomic E-state index is 12.2. The first-order valence-electron chi connectivity index (χ1n) is 11.3. The van der Waals surface area contributed by atoms with Crippen molar-refractivity contribution in [2.75, 3.05) is 26.4 Å². The molecule has 0 N–H and O–H groups in total. The van der Waals surface area contributed by atoms with Gasteiger partial charge in [0.15, 0.2) is 18.9 Å². The lowest BCUT2D eigenvalue weighted by Crippen LogP contribution is -2.35. The molecule has 170 valence electrons. The number of hydrogen-bond donors (Lipinski definition) is 0. The van der Waals surface area contributed by atoms with Crippen molar-refractivity contribution in [2.45, 2.75) is 77.0 Å². The van der Waals surface area contributed by atoms with E-state index in [4.69, 9.17) is 18.5 Å². The van der Waals surface area contributed by atoms with Crippen LogP contribution in [0.1, 0.15) is 58.3 Å². The minimum atomic E-state index is -4.34. The summed E-state index contributed by atoms with van der Waals surface area (Å²) < 4.78 is 36.5. The smallest absolute Gasteiger partial charge is 0.268 e. The Labute approximate surface area is 180 Å². The second kappa shape index (κ2) is 11.7. The van der Waals surface area contributed by atoms with E-state index >= 15 is 0 Å². The van der Waals surface area contributed by atoms with E-state index in [0.717, 1.165) is 38.7 Å². The van der Waals surface area contributed by atoms with Crippen molar-refractivity contribution in [1.82, 2.24) is 0 Å². The van der Waals surface area contributed by atoms with Gasteiger partial charge in [-0.3, -0.25) is 4.57 Å². The highest BCUT2D eigenvalue weighted by Gasteiger charge is 2.51. The van der Waals surface area contributed by atoms with Crippen molar-refractivity contribution >= 4 is 7.82 Å². The molecule has 1 saturated heterocycles. The number of unbranched alkanes of at least 4 members (excludes halogenated alkanes) is 3. The Balaban J connectivity index is 1.40. The van der Waals surface area contributed by atoms with Crippen LogP contribution in [-0.2, 0) is 29.6 Å². The maximum atomic E-state index is 12.2. The standard InChI is InChI=1S/C22H36NO6P/c1-2-3-4-8-15-26-18-20-17-22(11-9-10-21(22)29-20)19-28-30(24,25)27-16-14-23-12-6-5-7-13-23/h5-7,12-13,20-21H,2-4,8-11,14-19H2,1H3/t20-,21+,22+/m1/s1. The Morgan fingerprint density at radius 2 is 2.00 bits per heavy atom. The van der Waals surface area contributed by atoms with E-state index in [2.05, 4.69) is 6.92 Å². The Kier molecular flexibility index (Phi) is 9.30. The molecule has 1 aliphatic carbocycles. The SMILES string of the molecule is CCCCCCOC[C@H]1C[C@]2(COP(=O)([O-])OCC[n+]3ccccc3)CCC[C@@H]2O1. The first kappa shape index (κ1) is 23.8. The molecule has 4 atom stereocenters. The van der Waals surface area contributed by atoms with Crippen LogP contribution in [0.4, 0.5) is 0 Å². The third-order valence-electron chi connectivity index (χ3n) is 6.15. The first-order chi connectivity index (χ1) is 14.5. The van der Waals surface area contributed by atoms with E-state index < -0.39 is 7.82 Å². The summed E-state index contributed by atoms with van der Waals surface area (Å²) in [6, 6.07) is 5.68. The molecule has 1 saturated carbocycles. The third kappa shape index (κ3) is 7.11. The molecule has 3 rings (SSSR count). The maximum Gasteiger partial charge on any atom is 0.268 e. The van der Waals surface area contributed by atoms with Crippen molar-refractivity contribution in [3.05, 3.63) is 30.6 Å². The van der Waals surface area contributed by atoms with Crippen LogP contribution in [0, 0.1) is 5.41 Å². The molecule has 0 aromatic carbocycles. The summed E-state index contributed by atoms with van der Waals surface area (Å²) in [7, 11) is -4.34. The van der Waals surface area contributed by atoms with Gasteiger partial charge in [-0.15, -0.1) is 0 Å². The molecule has 2 heterocycles. The number of hydrogen-bond acceptors (Lipinski definition) is 6. The molecule has 1 unspecified atom stereocenters. The van der Waals surface area contributed by atoms with E-state index in [0.29, 0.717) is 13.2 Å². The number of phosphoric ester groups is 1. The molecule has 1 aromatic rings. The molecular weight excluding hydrogens is 405 g/mol. The van der Waals surface area contributed by atoms with E-state index in [1.165, 1.54) is 19.3 Å². The van der Waals surface area contributed by atoms with Crippen LogP contribution in [0.15, 0.2) is 30.6 Å². The van der Waals surface area contributed by atoms with Gasteiger partial charge in [-0.05, 0) is 25.7 Å². The molecule has 0 bridgehead atoms. The zero-order valence-electron chi connectivity index (χ0n) is 18.1. The van der Waals surface area contributed by atoms with Crippen molar-refractivity contribution < 1.29 is 32.5 Å². The van der Waals surface area contributed by atoms with Crippen molar-refractivity contribution in [2.24, 2.45) is 5.41 Å². The Hall–Kier alpha value is -0.820. The fraction of sp³-hybridized carbons (Fsp3) is 0.773. The van der Waals surface area contributed by atoms with Gasteiger partial charge in [0.05, 0.1) is 25.4 Å². The summed E-state index contributed by atoms with van der Waals surface area (Å²) in [5.74, 6) is 0. The number of aromatic nitrogens is 1. The van der Waals surface area contributed by atoms with Gasteiger partial charge in [-0.1, -0.05) is 38.7 Å². The molecule has 0 radical (unpaired) electrons. The van der Waals surface area contributed by atoms with Gasteiger partial charge in [0.25, 0.3) is 7.82 Å². The van der Waals surface area contributed by atoms with E-state index in [-0.39, 0.29) is 30.8 Å². The molecule has 8 heteroatoms. The van der Waals surface area contributed by atoms with Gasteiger partial charge in [0.1, 0.15) is 6.61 Å². The van der Waals surface area contributed by atoms with E-state index in [1.807, 2.05) is 35.2 Å². The molecule has 1 aromatic heterocycles. The summed E-state index contributed by atoms with van der Waals surface area (Å²) in [5, 5.41) is 0. The van der Waals surface area contributed by atoms with Crippen LogP contribution < -0.4 is 9.46 Å². The van der Waals surface area contributed by atoms with Gasteiger partial charge >= 0.3 is 0 Å². The van der Waals surface area contributed by atoms with Crippen LogP contribution >= 0.6 is 7.82 Å². The summed E-state index contributed by atoms with van der Waals surface area (Å²) in [5.41, 5.74) is -0.242. The average Bonchev–Trinajstić information content (AvgIpc) is 3.27. The molecule has 0 spiro atoms. The molecule has 2 fully saturated rings. The average molecular weight is 442 g/mol. The molecule has 1 aliphatic heterocycles. The van der Waals surface area contributed by atoms with E-state index in [9.17, 15) is 9.46 Å². The number of pyridine rings is 1. The van der Waals surface area contributed by atoms with Crippen LogP contribution in [-0.4, -0.2) is 38.6 Å². The highest BCUT2D eigenvalue weighted by atomic mass is 31.2. The van der Waals surface area contributed by atoms with Gasteiger partial charge in [0, 0.05) is 24.2 Å². The number of rotatable bonds is 14. The fourth-order valence-corrected chi connectivity index (χ4v) is 5.34. The predicted octanol–water partition coefficient (Wildman–Crippen LogP) is 3.40. The molecular formula is C22H36NO6P. The highest BCUT2D eigenvalue weighted by molar-refractivity contribution is 7.45. The topological polar surface area (TPSA) is 80.9 Å². The Bertz CT molecular complexity index is 675. The van der Waals surface area contributed by atoms with Gasteiger partial charge in [0.2, 0.25) is 0 Å². The Morgan fingerprint density at radius 1 is 1.17 bits per heavy atom. The van der Waals surface area contributed by atoms with Crippen LogP contribution in [0.2, 0.25) is 0 Å². The third-order valence-corrected chi connectivity index (χ3v) is 7.09. The van der Waals surface area contributed by atoms with E-state index in [1.54, 1.807) is 0 Å². The fourth-order valence-electron chi connectivity index (χ4n) is 4.54. The number of phosphoric acid groups is 1. The first-order valence-corrected chi connectivity index (χ1v) is 12.8. The summed E-state index contributed by atoms with van der Waals surface area (Å²) in [4.78, 5) is 12.2. The lowest BCUT2D eigenvalue weighted by atomic mass is 9.82. The number of nitrogens with zero attached hydrogens (tertiary/aromatic N) is 1. The lowest BCUT2D eigenvalue weighted by molar-refractivity contribution is -0.697. The molecule has 2 aliphatic rings. The highest BCUT2D eigenvalue weighted by Crippen LogP contribution is 2.52. The van der Waals surface area contributed by atoms with Gasteiger partial charge in [-0.25, -0.2) is 4.57 Å². The zero-order valence-corrected chi connectivity index (χ0v) is 19.0. The Morgan fingerprint density at radius 3 is 2.80 bits per heavy atom. The zero-order chi connectivity index (χ0) is 21.3. The minimum absolute atomic E-state index is 0.0199. The second-order valence-corrected chi connectivity index (χ2v) is 9.92. The van der Waals surface area contributed by atoms with Crippen molar-refractivity contribution in [3.63, 3.8) is 0 Å². The van der Waals surface area contributed by atoms with Crippen molar-refractivity contribution in [3.8, 4) is 0 Å². The minimum Gasteiger partial charge on any atom is -0.756 e. The van der Waals surface area contributed by atoms with Crippen molar-refractivity contribution in [1.29, 1.82) is 0 Å². The van der Waals surface area contributed by atoms with Gasteiger partial charge < -0.3 is 23.4 Å². The van der Waals surface area contributed by atoms with Crippen LogP contribution in [0.25, 0.3) is 0 Å². The monoisotopic (exact) mass is 441 g/mol. The summed E-state index contributed by atoms with van der Waals surface area (Å²) >= 11 is 0. The van der Waals surface area contributed by atoms with Gasteiger partial charge in [-0.2, -0.15) is 0 Å². The summed E-state index contributed by atoms with van der Waals surface area (Å²) in [6.07, 6.45) is 12.2. The quantitative estimate of drug-likeness (QED) is 0.250. The lowest BCUT2D eigenvalue weighted by Gasteiger charge is -2.31. The van der Waals surface area contributed by atoms with Crippen LogP contribution in [0.3, 0.4) is 0 Å². The summed E-state index contributed by atoms with van der Waals surface area (Å²) in [6.45, 7) is 4.16. The predicted molar refractivity (Wildman–Crippen MR) is 111 cm³/mol. The molecule has 30 heavy (non-hydrogen) atoms. The molecule has 7 nitrogen and oxygen atoms in total.